The summed E-state index contributed by atoms with van der Waals surface area (Å²) < 4.78 is 4.48. The van der Waals surface area contributed by atoms with Crippen LogP contribution in [0.2, 0.25) is 0 Å². The van der Waals surface area contributed by atoms with E-state index >= 15 is 0 Å². The average Bonchev–Trinajstić information content (AvgIpc) is 3.91. The van der Waals surface area contributed by atoms with E-state index in [1.54, 1.807) is 0 Å². The molecule has 7 aromatic carbocycles. The second-order valence-electron chi connectivity index (χ2n) is 18.3. The number of hydrogen-bond acceptors (Lipinski definition) is 5. The molecular formula is C57H51N7. The normalized spacial score (nSPS) is 12.0. The molecule has 7 heteroatoms. The molecule has 0 spiro atoms. The van der Waals surface area contributed by atoms with E-state index in [1.165, 1.54) is 16.7 Å². The van der Waals surface area contributed by atoms with Crippen molar-refractivity contribution in [1.29, 1.82) is 0 Å². The van der Waals surface area contributed by atoms with Crippen molar-refractivity contribution < 1.29 is 0 Å². The molecule has 0 bridgehead atoms. The van der Waals surface area contributed by atoms with Crippen molar-refractivity contribution in [2.75, 3.05) is 0 Å². The monoisotopic (exact) mass is 833 g/mol. The molecule has 7 nitrogen and oxygen atoms in total. The van der Waals surface area contributed by atoms with Gasteiger partial charge < -0.3 is 0 Å². The van der Waals surface area contributed by atoms with Crippen molar-refractivity contribution in [3.05, 3.63) is 187 Å². The summed E-state index contributed by atoms with van der Waals surface area (Å²) >= 11 is 0. The van der Waals surface area contributed by atoms with Crippen LogP contribution in [0.5, 0.6) is 0 Å². The lowest BCUT2D eigenvalue weighted by Crippen LogP contribution is -2.10. The van der Waals surface area contributed by atoms with E-state index in [2.05, 4.69) is 215 Å². The molecule has 0 amide bonds. The molecule has 0 N–H and O–H groups in total. The van der Waals surface area contributed by atoms with E-state index in [4.69, 9.17) is 24.9 Å². The lowest BCUT2D eigenvalue weighted by Gasteiger charge is -2.19. The molecule has 0 atom stereocenters. The maximum atomic E-state index is 5.16. The number of hydrogen-bond donors (Lipinski definition) is 0. The molecule has 0 aliphatic heterocycles. The van der Waals surface area contributed by atoms with E-state index in [9.17, 15) is 0 Å². The third-order valence-electron chi connectivity index (χ3n) is 12.2. The third kappa shape index (κ3) is 7.68. The van der Waals surface area contributed by atoms with E-state index < -0.39 is 0 Å². The number of aromatic nitrogens is 7. The molecule has 0 fully saturated rings. The molecule has 3 aromatic heterocycles. The van der Waals surface area contributed by atoms with E-state index in [1.807, 2.05) is 12.1 Å². The highest BCUT2D eigenvalue weighted by Gasteiger charge is 2.20. The number of benzene rings is 7. The minimum absolute atomic E-state index is 0.0212. The second-order valence-corrected chi connectivity index (χ2v) is 18.3. The van der Waals surface area contributed by atoms with Gasteiger partial charge in [-0.15, -0.1) is 0 Å². The van der Waals surface area contributed by atoms with Crippen molar-refractivity contribution in [3.63, 3.8) is 0 Å². The predicted molar refractivity (Wildman–Crippen MR) is 263 cm³/mol. The van der Waals surface area contributed by atoms with Gasteiger partial charge in [-0.1, -0.05) is 146 Å². The molecule has 0 aliphatic rings. The highest BCUT2D eigenvalue weighted by Crippen LogP contribution is 2.34. The zero-order valence-corrected chi connectivity index (χ0v) is 37.5. The lowest BCUT2D eigenvalue weighted by atomic mass is 9.87. The van der Waals surface area contributed by atoms with Gasteiger partial charge in [0.1, 0.15) is 11.6 Å². The van der Waals surface area contributed by atoms with E-state index in [0.29, 0.717) is 29.3 Å². The summed E-state index contributed by atoms with van der Waals surface area (Å²) in [5.74, 6) is 4.52. The van der Waals surface area contributed by atoms with Crippen molar-refractivity contribution in [2.45, 2.75) is 65.7 Å². The molecule has 0 saturated carbocycles. The van der Waals surface area contributed by atoms with Gasteiger partial charge in [0.15, 0.2) is 17.5 Å². The lowest BCUT2D eigenvalue weighted by molar-refractivity contribution is 0.590. The maximum Gasteiger partial charge on any atom is 0.164 e. The quantitative estimate of drug-likeness (QED) is 0.145. The Balaban J connectivity index is 1.05. The first-order valence-corrected chi connectivity index (χ1v) is 22.2. The Hall–Kier alpha value is -7.51. The number of fused-ring (bicyclic) bond motifs is 2. The third-order valence-corrected chi connectivity index (χ3v) is 12.2. The van der Waals surface area contributed by atoms with Gasteiger partial charge >= 0.3 is 0 Å². The van der Waals surface area contributed by atoms with Crippen LogP contribution in [-0.4, -0.2) is 34.1 Å². The minimum Gasteiger partial charge on any atom is -0.292 e. The summed E-state index contributed by atoms with van der Waals surface area (Å²) in [6.45, 7) is 15.6. The second kappa shape index (κ2) is 16.3. The fourth-order valence-corrected chi connectivity index (χ4v) is 8.40. The Kier molecular flexibility index (Phi) is 10.3. The number of imidazole rings is 2. The van der Waals surface area contributed by atoms with Crippen LogP contribution in [-0.2, 0) is 5.41 Å². The SMILES string of the molecule is CC(C)c1ccc(-c2nc3ccccc3n2-c2ccc(-c3nc(-c4ccc(-n5c(-c6ccc(C(C)C)cc6)nc6ccccc65)cc4)nc(-c4ccc(C(C)(C)C)cc4)n3)cc2)cc1. The topological polar surface area (TPSA) is 74.3 Å². The van der Waals surface area contributed by atoms with Gasteiger partial charge in [0, 0.05) is 39.2 Å². The van der Waals surface area contributed by atoms with Gasteiger partial charge in [-0.2, -0.15) is 0 Å². The van der Waals surface area contributed by atoms with Crippen molar-refractivity contribution >= 4 is 22.1 Å². The molecule has 0 aliphatic carbocycles. The van der Waals surface area contributed by atoms with Gasteiger partial charge in [-0.3, -0.25) is 9.13 Å². The standard InChI is InChI=1S/C57H51N7/c1-36(2)38-16-20-43(21-17-38)55-58-48-12-8-10-14-50(48)63(55)46-32-26-41(27-33-46)53-60-52(40-24-30-45(31-25-40)57(5,6)7)61-54(62-53)42-28-34-47(35-29-42)64-51-15-11-9-13-49(51)59-56(64)44-22-18-39(19-23-44)37(3)4/h8-37H,1-7H3. The van der Waals surface area contributed by atoms with Crippen LogP contribution >= 0.6 is 0 Å². The average molecular weight is 834 g/mol. The van der Waals surface area contributed by atoms with Crippen molar-refractivity contribution in [2.24, 2.45) is 0 Å². The molecule has 10 rings (SSSR count). The number of para-hydroxylation sites is 4. The molecule has 0 radical (unpaired) electrons. The van der Waals surface area contributed by atoms with Crippen LogP contribution in [0.1, 0.15) is 77.0 Å². The van der Waals surface area contributed by atoms with Crippen LogP contribution in [0, 0.1) is 0 Å². The zero-order chi connectivity index (χ0) is 44.1. The van der Waals surface area contributed by atoms with Crippen LogP contribution in [0.15, 0.2) is 170 Å². The Morgan fingerprint density at radius 3 is 1.03 bits per heavy atom. The summed E-state index contributed by atoms with van der Waals surface area (Å²) in [5, 5.41) is 0. The summed E-state index contributed by atoms with van der Waals surface area (Å²) in [5.41, 5.74) is 14.7. The smallest absolute Gasteiger partial charge is 0.164 e. The van der Waals surface area contributed by atoms with Crippen LogP contribution in [0.3, 0.4) is 0 Å². The summed E-state index contributed by atoms with van der Waals surface area (Å²) in [6, 6.07) is 59.7. The first-order chi connectivity index (χ1) is 31.0. The van der Waals surface area contributed by atoms with Crippen LogP contribution in [0.25, 0.3) is 90.4 Å². The van der Waals surface area contributed by atoms with Gasteiger partial charge in [0.2, 0.25) is 0 Å². The first-order valence-electron chi connectivity index (χ1n) is 22.2. The Morgan fingerprint density at radius 1 is 0.359 bits per heavy atom. The maximum absolute atomic E-state index is 5.16. The highest BCUT2D eigenvalue weighted by molar-refractivity contribution is 5.85. The number of nitrogens with zero attached hydrogens (tertiary/aromatic N) is 7. The summed E-state index contributed by atoms with van der Waals surface area (Å²) in [6.07, 6.45) is 0. The molecular weight excluding hydrogens is 783 g/mol. The predicted octanol–water partition coefficient (Wildman–Crippen LogP) is 14.4. The van der Waals surface area contributed by atoms with Gasteiger partial charge in [0.25, 0.3) is 0 Å². The summed E-state index contributed by atoms with van der Waals surface area (Å²) in [4.78, 5) is 25.6. The van der Waals surface area contributed by atoms with Gasteiger partial charge in [-0.05, 0) is 107 Å². The number of rotatable bonds is 9. The molecule has 314 valence electrons. The van der Waals surface area contributed by atoms with Crippen LogP contribution < -0.4 is 0 Å². The van der Waals surface area contributed by atoms with E-state index in [-0.39, 0.29) is 5.41 Å². The highest BCUT2D eigenvalue weighted by atomic mass is 15.1. The molecule has 10 aromatic rings. The van der Waals surface area contributed by atoms with E-state index in [0.717, 1.165) is 72.9 Å². The molecule has 0 saturated heterocycles. The van der Waals surface area contributed by atoms with Crippen molar-refractivity contribution in [1.82, 2.24) is 34.1 Å². The van der Waals surface area contributed by atoms with Crippen molar-refractivity contribution in [3.8, 4) is 68.3 Å². The fraction of sp³-hybridized carbons (Fsp3) is 0.175. The summed E-state index contributed by atoms with van der Waals surface area (Å²) in [7, 11) is 0. The van der Waals surface area contributed by atoms with Crippen LogP contribution in [0.4, 0.5) is 0 Å². The Morgan fingerprint density at radius 2 is 0.688 bits per heavy atom. The largest absolute Gasteiger partial charge is 0.292 e. The Labute approximate surface area is 375 Å². The molecule has 3 heterocycles. The fourth-order valence-electron chi connectivity index (χ4n) is 8.40. The Bertz CT molecular complexity index is 3070. The van der Waals surface area contributed by atoms with Gasteiger partial charge in [-0.25, -0.2) is 24.9 Å². The molecule has 64 heavy (non-hydrogen) atoms. The first kappa shape index (κ1) is 40.6. The zero-order valence-electron chi connectivity index (χ0n) is 37.5. The van der Waals surface area contributed by atoms with Gasteiger partial charge in [0.05, 0.1) is 22.1 Å². The molecule has 0 unspecified atom stereocenters. The minimum atomic E-state index is 0.0212.